The Balaban J connectivity index is 3.27. The summed E-state index contributed by atoms with van der Waals surface area (Å²) >= 11 is 0. The molecule has 0 aliphatic rings. The Kier molecular flexibility index (Phi) is 7.30. The maximum Gasteiger partial charge on any atom is 0.534 e. The SMILES string of the molecule is CCCCOc1cc(/C=C(/OC)C(=O)O)ccc1OS(=O)(=O)C(F)(F)F. The average molecular weight is 398 g/mol. The number of aliphatic carboxylic acids is 1. The molecule has 0 radical (unpaired) electrons. The molecule has 0 saturated carbocycles. The van der Waals surface area contributed by atoms with E-state index >= 15 is 0 Å². The Morgan fingerprint density at radius 2 is 1.92 bits per heavy atom. The van der Waals surface area contributed by atoms with E-state index in [1.54, 1.807) is 0 Å². The molecule has 146 valence electrons. The van der Waals surface area contributed by atoms with Gasteiger partial charge in [-0.3, -0.25) is 0 Å². The summed E-state index contributed by atoms with van der Waals surface area (Å²) in [4.78, 5) is 10.9. The number of carbonyl (C=O) groups is 1. The van der Waals surface area contributed by atoms with Crippen molar-refractivity contribution in [1.29, 1.82) is 0 Å². The average Bonchev–Trinajstić information content (AvgIpc) is 2.53. The molecule has 1 N–H and O–H groups in total. The Morgan fingerprint density at radius 1 is 1.27 bits per heavy atom. The van der Waals surface area contributed by atoms with Gasteiger partial charge >= 0.3 is 21.6 Å². The monoisotopic (exact) mass is 398 g/mol. The van der Waals surface area contributed by atoms with E-state index in [4.69, 9.17) is 9.84 Å². The van der Waals surface area contributed by atoms with Crippen LogP contribution in [0, 0.1) is 0 Å². The number of unbranched alkanes of at least 4 members (excludes halogenated alkanes) is 1. The summed E-state index contributed by atoms with van der Waals surface area (Å²) in [7, 11) is -4.74. The Labute approximate surface area is 148 Å². The number of ether oxygens (including phenoxy) is 2. The second-order valence-electron chi connectivity index (χ2n) is 4.91. The van der Waals surface area contributed by atoms with Crippen LogP contribution in [0.3, 0.4) is 0 Å². The molecule has 0 heterocycles. The van der Waals surface area contributed by atoms with Crippen molar-refractivity contribution in [3.8, 4) is 11.5 Å². The van der Waals surface area contributed by atoms with Crippen molar-refractivity contribution in [3.63, 3.8) is 0 Å². The molecule has 0 saturated heterocycles. The summed E-state index contributed by atoms with van der Waals surface area (Å²) in [5, 5.41) is 8.92. The zero-order valence-electron chi connectivity index (χ0n) is 13.9. The molecule has 0 atom stereocenters. The molecule has 26 heavy (non-hydrogen) atoms. The lowest BCUT2D eigenvalue weighted by Crippen LogP contribution is -2.28. The van der Waals surface area contributed by atoms with Crippen LogP contribution in [0.15, 0.2) is 24.0 Å². The summed E-state index contributed by atoms with van der Waals surface area (Å²) in [6.07, 6.45) is 2.38. The fraction of sp³-hybridized carbons (Fsp3) is 0.400. The van der Waals surface area contributed by atoms with Gasteiger partial charge in [0.2, 0.25) is 5.76 Å². The van der Waals surface area contributed by atoms with Crippen LogP contribution >= 0.6 is 0 Å². The van der Waals surface area contributed by atoms with Gasteiger partial charge in [0.25, 0.3) is 0 Å². The first-order valence-corrected chi connectivity index (χ1v) is 8.69. The van der Waals surface area contributed by atoms with Gasteiger partial charge < -0.3 is 18.8 Å². The van der Waals surface area contributed by atoms with Crippen LogP contribution in [0.5, 0.6) is 11.5 Å². The van der Waals surface area contributed by atoms with Crippen LogP contribution in [0.4, 0.5) is 13.2 Å². The molecule has 1 aromatic rings. The summed E-state index contributed by atoms with van der Waals surface area (Å²) in [5.74, 6) is -2.73. The van der Waals surface area contributed by atoms with Crippen LogP contribution in [0.1, 0.15) is 25.3 Å². The van der Waals surface area contributed by atoms with Crippen LogP contribution in [0.2, 0.25) is 0 Å². The largest absolute Gasteiger partial charge is 0.534 e. The van der Waals surface area contributed by atoms with Crippen LogP contribution in [0.25, 0.3) is 6.08 Å². The normalized spacial score (nSPS) is 12.6. The smallest absolute Gasteiger partial charge is 0.490 e. The van der Waals surface area contributed by atoms with Crippen LogP contribution in [-0.2, 0) is 19.6 Å². The fourth-order valence-electron chi connectivity index (χ4n) is 1.65. The number of halogens is 3. The predicted molar refractivity (Wildman–Crippen MR) is 85.1 cm³/mol. The number of hydrogen-bond donors (Lipinski definition) is 1. The van der Waals surface area contributed by atoms with E-state index in [1.807, 2.05) is 6.92 Å². The third-order valence-electron chi connectivity index (χ3n) is 2.93. The summed E-state index contributed by atoms with van der Waals surface area (Å²) in [5.41, 5.74) is -5.40. The zero-order valence-corrected chi connectivity index (χ0v) is 14.7. The van der Waals surface area contributed by atoms with Gasteiger partial charge in [0.05, 0.1) is 13.7 Å². The number of carboxylic acids is 1. The molecule has 0 aliphatic carbocycles. The highest BCUT2D eigenvalue weighted by atomic mass is 32.2. The number of methoxy groups -OCH3 is 1. The highest BCUT2D eigenvalue weighted by molar-refractivity contribution is 7.88. The minimum absolute atomic E-state index is 0.0994. The van der Waals surface area contributed by atoms with E-state index in [0.29, 0.717) is 6.42 Å². The maximum atomic E-state index is 12.5. The number of carboxylic acid groups (broad SMARTS) is 1. The molecule has 11 heteroatoms. The number of alkyl halides is 3. The highest BCUT2D eigenvalue weighted by Gasteiger charge is 2.48. The van der Waals surface area contributed by atoms with Crippen molar-refractivity contribution >= 4 is 22.2 Å². The minimum Gasteiger partial charge on any atom is -0.490 e. The van der Waals surface area contributed by atoms with Crippen molar-refractivity contribution in [2.24, 2.45) is 0 Å². The van der Waals surface area contributed by atoms with E-state index in [2.05, 4.69) is 8.92 Å². The second-order valence-corrected chi connectivity index (χ2v) is 6.45. The zero-order chi connectivity index (χ0) is 20.0. The molecular formula is C15H17F3O7S. The Hall–Kier alpha value is -2.43. The van der Waals surface area contributed by atoms with Gasteiger partial charge in [0.15, 0.2) is 11.5 Å². The van der Waals surface area contributed by atoms with Gasteiger partial charge in [0, 0.05) is 0 Å². The van der Waals surface area contributed by atoms with Crippen molar-refractivity contribution in [2.75, 3.05) is 13.7 Å². The molecule has 7 nitrogen and oxygen atoms in total. The van der Waals surface area contributed by atoms with E-state index in [0.717, 1.165) is 37.8 Å². The van der Waals surface area contributed by atoms with E-state index in [9.17, 15) is 26.4 Å². The van der Waals surface area contributed by atoms with Gasteiger partial charge in [0.1, 0.15) is 0 Å². The topological polar surface area (TPSA) is 99.1 Å². The first-order valence-electron chi connectivity index (χ1n) is 7.28. The van der Waals surface area contributed by atoms with Gasteiger partial charge in [-0.2, -0.15) is 21.6 Å². The number of hydrogen-bond acceptors (Lipinski definition) is 6. The third kappa shape index (κ3) is 5.83. The molecule has 0 fully saturated rings. The molecule has 0 aliphatic heterocycles. The molecule has 1 aromatic carbocycles. The van der Waals surface area contributed by atoms with Crippen molar-refractivity contribution in [3.05, 3.63) is 29.5 Å². The molecule has 1 rings (SSSR count). The first kappa shape index (κ1) is 21.6. The van der Waals surface area contributed by atoms with E-state index in [1.165, 1.54) is 0 Å². The minimum atomic E-state index is -5.87. The molecule has 0 spiro atoms. The maximum absolute atomic E-state index is 12.5. The molecule has 0 unspecified atom stereocenters. The van der Waals surface area contributed by atoms with Gasteiger partial charge in [-0.25, -0.2) is 4.79 Å². The number of rotatable bonds is 9. The highest BCUT2D eigenvalue weighted by Crippen LogP contribution is 2.34. The fourth-order valence-corrected chi connectivity index (χ4v) is 2.12. The summed E-state index contributed by atoms with van der Waals surface area (Å²) in [6, 6.07) is 3.25. The summed E-state index contributed by atoms with van der Waals surface area (Å²) in [6.45, 7) is 1.95. The second kappa shape index (κ2) is 8.79. The summed E-state index contributed by atoms with van der Waals surface area (Å²) < 4.78 is 73.9. The third-order valence-corrected chi connectivity index (χ3v) is 3.90. The lowest BCUT2D eigenvalue weighted by Gasteiger charge is -2.14. The standard InChI is InChI=1S/C15H17F3O7S/c1-3-4-7-24-12-8-10(9-13(23-2)14(19)20)5-6-11(12)25-26(21,22)15(16,17)18/h5-6,8-9H,3-4,7H2,1-2H3,(H,19,20)/b13-9+. The number of benzene rings is 1. The Bertz CT molecular complexity index is 770. The Morgan fingerprint density at radius 3 is 2.42 bits per heavy atom. The quantitative estimate of drug-likeness (QED) is 0.224. The molecule has 0 amide bonds. The van der Waals surface area contributed by atoms with Gasteiger partial charge in [-0.05, 0) is 30.2 Å². The molecular weight excluding hydrogens is 381 g/mol. The lowest BCUT2D eigenvalue weighted by molar-refractivity contribution is -0.135. The van der Waals surface area contributed by atoms with E-state index < -0.39 is 33.1 Å². The molecule has 0 aromatic heterocycles. The first-order chi connectivity index (χ1) is 12.0. The van der Waals surface area contributed by atoms with Crippen molar-refractivity contribution in [2.45, 2.75) is 25.3 Å². The predicted octanol–water partition coefficient (Wildman–Crippen LogP) is 3.17. The lowest BCUT2D eigenvalue weighted by atomic mass is 10.2. The van der Waals surface area contributed by atoms with Crippen LogP contribution in [-0.4, -0.2) is 38.7 Å². The van der Waals surface area contributed by atoms with Crippen LogP contribution < -0.4 is 8.92 Å². The van der Waals surface area contributed by atoms with Crippen molar-refractivity contribution < 1.29 is 45.1 Å². The van der Waals surface area contributed by atoms with E-state index in [-0.39, 0.29) is 17.9 Å². The van der Waals surface area contributed by atoms with Crippen molar-refractivity contribution in [1.82, 2.24) is 0 Å². The van der Waals surface area contributed by atoms with Gasteiger partial charge in [-0.1, -0.05) is 19.4 Å². The molecule has 0 bridgehead atoms. The van der Waals surface area contributed by atoms with Gasteiger partial charge in [-0.15, -0.1) is 0 Å².